The van der Waals surface area contributed by atoms with Gasteiger partial charge in [0.1, 0.15) is 6.10 Å². The Labute approximate surface area is 228 Å². The predicted octanol–water partition coefficient (Wildman–Crippen LogP) is 9.99. The van der Waals surface area contributed by atoms with E-state index in [1.54, 1.807) is 12.1 Å². The van der Waals surface area contributed by atoms with Gasteiger partial charge in [0.15, 0.2) is 0 Å². The molecule has 1 aromatic carbocycles. The van der Waals surface area contributed by atoms with Crippen LogP contribution < -0.4 is 0 Å². The van der Waals surface area contributed by atoms with Crippen molar-refractivity contribution in [1.29, 1.82) is 0 Å². The van der Waals surface area contributed by atoms with Gasteiger partial charge in [-0.3, -0.25) is 4.79 Å². The van der Waals surface area contributed by atoms with Crippen molar-refractivity contribution < 1.29 is 19.1 Å². The minimum atomic E-state index is -0.212. The van der Waals surface area contributed by atoms with Crippen molar-refractivity contribution >= 4 is 11.9 Å². The van der Waals surface area contributed by atoms with Crippen LogP contribution >= 0.6 is 0 Å². The molecule has 0 radical (unpaired) electrons. The summed E-state index contributed by atoms with van der Waals surface area (Å²) in [6.45, 7) is 4.85. The summed E-state index contributed by atoms with van der Waals surface area (Å²) in [6, 6.07) is 9.21. The van der Waals surface area contributed by atoms with Crippen LogP contribution in [0.1, 0.15) is 159 Å². The van der Waals surface area contributed by atoms with Crippen LogP contribution in [0.3, 0.4) is 0 Å². The van der Waals surface area contributed by atoms with E-state index in [1.807, 2.05) is 18.2 Å². The summed E-state index contributed by atoms with van der Waals surface area (Å²) in [5.74, 6) is -0.205. The summed E-state index contributed by atoms with van der Waals surface area (Å²) in [5, 5.41) is 0. The van der Waals surface area contributed by atoms with E-state index in [1.165, 1.54) is 89.9 Å². The summed E-state index contributed by atoms with van der Waals surface area (Å²) in [7, 11) is 0. The second kappa shape index (κ2) is 24.5. The molecule has 0 aliphatic heterocycles. The summed E-state index contributed by atoms with van der Waals surface area (Å²) in [5.41, 5.74) is 0.634. The lowest BCUT2D eigenvalue weighted by molar-refractivity contribution is -0.149. The number of hydrogen-bond donors (Lipinski definition) is 0. The standard InChI is InChI=1S/C33H56O4/c1-3-5-20-27-31(4-2)37-32(34)28-23-17-15-13-11-9-7-6-8-10-12-14-16-18-24-29-36-33(35)30-25-21-19-22-26-30/h19,21-22,25-26,31H,3-18,20,23-24,27-29H2,1-2H3/t31-/m1/s1. The minimum absolute atomic E-state index is 0.00712. The molecule has 0 amide bonds. The first-order valence-corrected chi connectivity index (χ1v) is 15.6. The normalized spacial score (nSPS) is 11.8. The van der Waals surface area contributed by atoms with Gasteiger partial charge in [0.05, 0.1) is 12.2 Å². The van der Waals surface area contributed by atoms with Gasteiger partial charge < -0.3 is 9.47 Å². The zero-order chi connectivity index (χ0) is 26.8. The zero-order valence-corrected chi connectivity index (χ0v) is 24.2. The monoisotopic (exact) mass is 516 g/mol. The van der Waals surface area contributed by atoms with Crippen LogP contribution in [-0.2, 0) is 14.3 Å². The highest BCUT2D eigenvalue weighted by atomic mass is 16.5. The van der Waals surface area contributed by atoms with E-state index < -0.39 is 0 Å². The fraction of sp³-hybridized carbons (Fsp3) is 0.758. The summed E-state index contributed by atoms with van der Waals surface area (Å²) >= 11 is 0. The molecule has 0 aliphatic rings. The van der Waals surface area contributed by atoms with Gasteiger partial charge in [0, 0.05) is 6.42 Å². The molecule has 0 fully saturated rings. The molecule has 0 bridgehead atoms. The number of carbonyl (C=O) groups excluding carboxylic acids is 2. The van der Waals surface area contributed by atoms with E-state index in [9.17, 15) is 9.59 Å². The van der Waals surface area contributed by atoms with Crippen LogP contribution in [-0.4, -0.2) is 24.6 Å². The third-order valence-corrected chi connectivity index (χ3v) is 7.15. The minimum Gasteiger partial charge on any atom is -0.462 e. The number of ether oxygens (including phenoxy) is 2. The van der Waals surface area contributed by atoms with Crippen molar-refractivity contribution in [2.45, 2.75) is 155 Å². The highest BCUT2D eigenvalue weighted by Gasteiger charge is 2.12. The van der Waals surface area contributed by atoms with Crippen LogP contribution in [0.4, 0.5) is 0 Å². The van der Waals surface area contributed by atoms with Gasteiger partial charge in [0.2, 0.25) is 0 Å². The molecule has 0 unspecified atom stereocenters. The van der Waals surface area contributed by atoms with E-state index in [0.717, 1.165) is 38.5 Å². The average Bonchev–Trinajstić information content (AvgIpc) is 2.92. The maximum atomic E-state index is 12.0. The molecular formula is C33H56O4. The molecule has 1 atom stereocenters. The van der Waals surface area contributed by atoms with Crippen molar-refractivity contribution in [1.82, 2.24) is 0 Å². The Balaban J connectivity index is 1.78. The first-order valence-electron chi connectivity index (χ1n) is 15.6. The molecular weight excluding hydrogens is 460 g/mol. The number of rotatable bonds is 25. The zero-order valence-electron chi connectivity index (χ0n) is 24.2. The molecule has 0 saturated carbocycles. The fourth-order valence-electron chi connectivity index (χ4n) is 4.71. The van der Waals surface area contributed by atoms with Gasteiger partial charge in [-0.2, -0.15) is 0 Å². The predicted molar refractivity (Wildman–Crippen MR) is 155 cm³/mol. The Morgan fingerprint density at radius 1 is 0.649 bits per heavy atom. The number of hydrogen-bond acceptors (Lipinski definition) is 4. The van der Waals surface area contributed by atoms with Crippen LogP contribution in [0.2, 0.25) is 0 Å². The van der Waals surface area contributed by atoms with E-state index in [-0.39, 0.29) is 18.0 Å². The largest absolute Gasteiger partial charge is 0.462 e. The highest BCUT2D eigenvalue weighted by molar-refractivity contribution is 5.89. The van der Waals surface area contributed by atoms with Crippen molar-refractivity contribution in [3.8, 4) is 0 Å². The van der Waals surface area contributed by atoms with E-state index >= 15 is 0 Å². The van der Waals surface area contributed by atoms with Crippen molar-refractivity contribution in [2.24, 2.45) is 0 Å². The molecule has 0 N–H and O–H groups in total. The van der Waals surface area contributed by atoms with Gasteiger partial charge in [-0.1, -0.05) is 128 Å². The molecule has 1 rings (SSSR count). The number of esters is 2. The summed E-state index contributed by atoms with van der Waals surface area (Å²) in [4.78, 5) is 23.9. The van der Waals surface area contributed by atoms with Gasteiger partial charge in [-0.15, -0.1) is 0 Å². The Kier molecular flexibility index (Phi) is 22.0. The van der Waals surface area contributed by atoms with E-state index in [2.05, 4.69) is 13.8 Å². The molecule has 0 spiro atoms. The molecule has 0 saturated heterocycles. The fourth-order valence-corrected chi connectivity index (χ4v) is 4.71. The van der Waals surface area contributed by atoms with Gasteiger partial charge in [-0.05, 0) is 44.2 Å². The maximum Gasteiger partial charge on any atom is 0.338 e. The lowest BCUT2D eigenvalue weighted by Gasteiger charge is -2.16. The van der Waals surface area contributed by atoms with Gasteiger partial charge in [-0.25, -0.2) is 4.79 Å². The summed E-state index contributed by atoms with van der Waals surface area (Å²) in [6.07, 6.45) is 25.0. The van der Waals surface area contributed by atoms with Crippen molar-refractivity contribution in [3.63, 3.8) is 0 Å². The lowest BCUT2D eigenvalue weighted by Crippen LogP contribution is -2.17. The van der Waals surface area contributed by atoms with Crippen molar-refractivity contribution in [2.75, 3.05) is 6.61 Å². The molecule has 0 aromatic heterocycles. The second-order valence-corrected chi connectivity index (χ2v) is 10.6. The molecule has 212 valence electrons. The number of unbranched alkanes of at least 4 members (excludes halogenated alkanes) is 16. The smallest absolute Gasteiger partial charge is 0.338 e. The topological polar surface area (TPSA) is 52.6 Å². The summed E-state index contributed by atoms with van der Waals surface area (Å²) < 4.78 is 11.0. The average molecular weight is 517 g/mol. The molecule has 1 aromatic rings. The molecule has 4 heteroatoms. The molecule has 37 heavy (non-hydrogen) atoms. The highest BCUT2D eigenvalue weighted by Crippen LogP contribution is 2.15. The van der Waals surface area contributed by atoms with Crippen molar-refractivity contribution in [3.05, 3.63) is 35.9 Å². The van der Waals surface area contributed by atoms with Crippen LogP contribution in [0, 0.1) is 0 Å². The molecule has 0 aliphatic carbocycles. The quantitative estimate of drug-likeness (QED) is 0.0958. The maximum absolute atomic E-state index is 12.0. The van der Waals surface area contributed by atoms with Crippen LogP contribution in [0.15, 0.2) is 30.3 Å². The van der Waals surface area contributed by atoms with Crippen LogP contribution in [0.5, 0.6) is 0 Å². The van der Waals surface area contributed by atoms with E-state index in [4.69, 9.17) is 9.47 Å². The Morgan fingerprint density at radius 3 is 1.68 bits per heavy atom. The number of benzene rings is 1. The lowest BCUT2D eigenvalue weighted by atomic mass is 10.0. The van der Waals surface area contributed by atoms with E-state index in [0.29, 0.717) is 18.6 Å². The Hall–Kier alpha value is -1.84. The first kappa shape index (κ1) is 33.2. The molecule has 0 heterocycles. The second-order valence-electron chi connectivity index (χ2n) is 10.6. The Morgan fingerprint density at radius 2 is 1.16 bits per heavy atom. The van der Waals surface area contributed by atoms with Crippen LogP contribution in [0.25, 0.3) is 0 Å². The Bertz CT molecular complexity index is 658. The van der Waals surface area contributed by atoms with Gasteiger partial charge >= 0.3 is 11.9 Å². The first-order chi connectivity index (χ1) is 18.2. The van der Waals surface area contributed by atoms with Gasteiger partial charge in [0.25, 0.3) is 0 Å². The third kappa shape index (κ3) is 19.9. The third-order valence-electron chi connectivity index (χ3n) is 7.15. The molecule has 4 nitrogen and oxygen atoms in total. The SMILES string of the molecule is CCCCC[C@@H](CC)OC(=O)CCCCCCCCCCCCCCCCCOC(=O)c1ccccc1. The number of carbonyl (C=O) groups is 2.